The number of halogens is 3. The van der Waals surface area contributed by atoms with E-state index < -0.39 is 17.6 Å². The van der Waals surface area contributed by atoms with Crippen LogP contribution in [0.2, 0.25) is 0 Å². The fourth-order valence-corrected chi connectivity index (χ4v) is 2.81. The third-order valence-corrected chi connectivity index (χ3v) is 4.18. The minimum Gasteiger partial charge on any atom is -0.376 e. The average Bonchev–Trinajstić information content (AvgIpc) is 3.23. The maximum absolute atomic E-state index is 12.7. The van der Waals surface area contributed by atoms with Crippen molar-refractivity contribution < 1.29 is 18.0 Å². The number of amides is 1. The van der Waals surface area contributed by atoms with Crippen LogP contribution in [0.15, 0.2) is 47.8 Å². The summed E-state index contributed by atoms with van der Waals surface area (Å²) >= 11 is 1.53. The lowest BCUT2D eigenvalue weighted by Gasteiger charge is -2.10. The second kappa shape index (κ2) is 6.98. The summed E-state index contributed by atoms with van der Waals surface area (Å²) in [6.07, 6.45) is -4.42. The molecule has 0 aliphatic carbocycles. The number of H-pyrrole nitrogens is 1. The number of thiophene rings is 1. The molecule has 0 bridgehead atoms. The summed E-state index contributed by atoms with van der Waals surface area (Å²) in [7, 11) is 0. The first-order chi connectivity index (χ1) is 11.9. The lowest BCUT2D eigenvalue weighted by Crippen LogP contribution is -2.22. The predicted octanol–water partition coefficient (Wildman–Crippen LogP) is 4.21. The third kappa shape index (κ3) is 4.38. The van der Waals surface area contributed by atoms with E-state index in [0.717, 1.165) is 22.7 Å². The van der Waals surface area contributed by atoms with Crippen LogP contribution in [-0.2, 0) is 11.0 Å². The monoisotopic (exact) mass is 366 g/mol. The number of hydrogen-bond acceptors (Lipinski definition) is 4. The van der Waals surface area contributed by atoms with Crippen LogP contribution in [-0.4, -0.2) is 22.6 Å². The summed E-state index contributed by atoms with van der Waals surface area (Å²) in [5, 5.41) is 14.0. The number of alkyl halides is 3. The highest BCUT2D eigenvalue weighted by Gasteiger charge is 2.30. The van der Waals surface area contributed by atoms with E-state index in [-0.39, 0.29) is 12.2 Å². The van der Waals surface area contributed by atoms with Gasteiger partial charge in [0.25, 0.3) is 0 Å². The smallest absolute Gasteiger partial charge is 0.376 e. The molecule has 0 atom stereocenters. The first-order valence-electron chi connectivity index (χ1n) is 7.22. The Hall–Kier alpha value is -2.81. The number of carbonyl (C=O) groups is 1. The molecule has 0 radical (unpaired) electrons. The molecule has 2 aromatic heterocycles. The normalized spacial score (nSPS) is 11.3. The third-order valence-electron chi connectivity index (χ3n) is 3.27. The molecule has 0 unspecified atom stereocenters. The number of nitrogens with zero attached hydrogens (tertiary/aromatic N) is 1. The predicted molar refractivity (Wildman–Crippen MR) is 90.5 cm³/mol. The molecule has 0 spiro atoms. The van der Waals surface area contributed by atoms with Crippen LogP contribution in [0.3, 0.4) is 0 Å². The molecule has 0 fully saturated rings. The Morgan fingerprint density at radius 3 is 2.76 bits per heavy atom. The van der Waals surface area contributed by atoms with E-state index >= 15 is 0 Å². The van der Waals surface area contributed by atoms with E-state index in [4.69, 9.17) is 0 Å². The van der Waals surface area contributed by atoms with E-state index in [1.807, 2.05) is 17.5 Å². The largest absolute Gasteiger partial charge is 0.416 e. The lowest BCUT2D eigenvalue weighted by atomic mass is 10.2. The molecule has 1 amide bonds. The van der Waals surface area contributed by atoms with Crippen LogP contribution >= 0.6 is 11.3 Å². The Balaban J connectivity index is 1.57. The van der Waals surface area contributed by atoms with Gasteiger partial charge in [0.05, 0.1) is 22.7 Å². The number of nitrogens with one attached hydrogen (secondary N) is 3. The van der Waals surface area contributed by atoms with Gasteiger partial charge in [-0.05, 0) is 29.6 Å². The first kappa shape index (κ1) is 17.0. The van der Waals surface area contributed by atoms with Crippen LogP contribution in [0.25, 0.3) is 10.6 Å². The maximum Gasteiger partial charge on any atom is 0.416 e. The molecule has 3 rings (SSSR count). The van der Waals surface area contributed by atoms with Gasteiger partial charge in [-0.25, -0.2) is 0 Å². The van der Waals surface area contributed by atoms with E-state index in [9.17, 15) is 18.0 Å². The molecule has 130 valence electrons. The fourth-order valence-electron chi connectivity index (χ4n) is 2.12. The number of hydrogen-bond donors (Lipinski definition) is 3. The molecule has 2 heterocycles. The van der Waals surface area contributed by atoms with Crippen LogP contribution in [0, 0.1) is 0 Å². The number of aromatic amines is 1. The van der Waals surface area contributed by atoms with E-state index in [2.05, 4.69) is 20.8 Å². The van der Waals surface area contributed by atoms with Gasteiger partial charge >= 0.3 is 6.18 Å². The molecule has 3 aromatic rings. The van der Waals surface area contributed by atoms with Gasteiger partial charge < -0.3 is 10.6 Å². The first-order valence-corrected chi connectivity index (χ1v) is 8.10. The molecule has 5 nitrogen and oxygen atoms in total. The number of rotatable bonds is 5. The van der Waals surface area contributed by atoms with E-state index in [1.165, 1.54) is 23.5 Å². The van der Waals surface area contributed by atoms with Crippen LogP contribution in [0.1, 0.15) is 5.56 Å². The van der Waals surface area contributed by atoms with Crippen LogP contribution in [0.4, 0.5) is 24.7 Å². The van der Waals surface area contributed by atoms with E-state index in [0.29, 0.717) is 5.82 Å². The zero-order chi connectivity index (χ0) is 17.9. The van der Waals surface area contributed by atoms with Gasteiger partial charge in [-0.15, -0.1) is 11.3 Å². The average molecular weight is 366 g/mol. The SMILES string of the molecule is O=C(CNc1cccc(C(F)(F)F)c1)Nc1cc(-c2cccs2)[nH]n1. The Labute approximate surface area is 144 Å². The topological polar surface area (TPSA) is 69.8 Å². The lowest BCUT2D eigenvalue weighted by molar-refractivity contribution is -0.137. The maximum atomic E-state index is 12.7. The molecule has 3 N–H and O–H groups in total. The van der Waals surface area contributed by atoms with Crippen molar-refractivity contribution in [3.8, 4) is 10.6 Å². The molecule has 0 aliphatic rings. The Morgan fingerprint density at radius 2 is 2.04 bits per heavy atom. The van der Waals surface area contributed by atoms with Crippen molar-refractivity contribution >= 4 is 28.7 Å². The fraction of sp³-hybridized carbons (Fsp3) is 0.125. The highest BCUT2D eigenvalue weighted by molar-refractivity contribution is 7.13. The Kier molecular flexibility index (Phi) is 4.75. The van der Waals surface area contributed by atoms with Crippen molar-refractivity contribution in [1.29, 1.82) is 0 Å². The van der Waals surface area contributed by atoms with Crippen molar-refractivity contribution in [2.45, 2.75) is 6.18 Å². The molecule has 0 saturated carbocycles. The molecular formula is C16H13F3N4OS. The zero-order valence-electron chi connectivity index (χ0n) is 12.7. The van der Waals surface area contributed by atoms with Crippen LogP contribution < -0.4 is 10.6 Å². The highest BCUT2D eigenvalue weighted by atomic mass is 32.1. The number of benzene rings is 1. The second-order valence-corrected chi connectivity index (χ2v) is 6.07. The van der Waals surface area contributed by atoms with Gasteiger partial charge in [-0.3, -0.25) is 9.89 Å². The highest BCUT2D eigenvalue weighted by Crippen LogP contribution is 2.30. The number of carbonyl (C=O) groups excluding carboxylic acids is 1. The van der Waals surface area contributed by atoms with Crippen molar-refractivity contribution in [1.82, 2.24) is 10.2 Å². The quantitative estimate of drug-likeness (QED) is 0.634. The van der Waals surface area contributed by atoms with Gasteiger partial charge in [-0.1, -0.05) is 12.1 Å². The standard InChI is InChI=1S/C16H13F3N4OS/c17-16(18,19)10-3-1-4-11(7-10)20-9-15(24)21-14-8-12(22-23-14)13-5-2-6-25-13/h1-8,20H,9H2,(H2,21,22,23,24). The summed E-state index contributed by atoms with van der Waals surface area (Å²) in [4.78, 5) is 12.9. The Bertz CT molecular complexity index is 858. The number of anilines is 2. The molecule has 1 aromatic carbocycles. The van der Waals surface area contributed by atoms with Gasteiger partial charge in [-0.2, -0.15) is 18.3 Å². The van der Waals surface area contributed by atoms with Crippen molar-refractivity contribution in [2.75, 3.05) is 17.2 Å². The van der Waals surface area contributed by atoms with Gasteiger partial charge in [0, 0.05) is 11.8 Å². The summed E-state index contributed by atoms with van der Waals surface area (Å²) < 4.78 is 38.0. The number of aromatic nitrogens is 2. The summed E-state index contributed by atoms with van der Waals surface area (Å²) in [5.74, 6) is -0.0686. The summed E-state index contributed by atoms with van der Waals surface area (Å²) in [6, 6.07) is 10.2. The summed E-state index contributed by atoms with van der Waals surface area (Å²) in [6.45, 7) is -0.178. The van der Waals surface area contributed by atoms with Crippen LogP contribution in [0.5, 0.6) is 0 Å². The molecule has 25 heavy (non-hydrogen) atoms. The molecule has 0 saturated heterocycles. The van der Waals surface area contributed by atoms with Crippen molar-refractivity contribution in [2.24, 2.45) is 0 Å². The van der Waals surface area contributed by atoms with Gasteiger partial charge in [0.15, 0.2) is 5.82 Å². The van der Waals surface area contributed by atoms with Crippen molar-refractivity contribution in [3.05, 3.63) is 53.4 Å². The minimum atomic E-state index is -4.42. The molecule has 0 aliphatic heterocycles. The van der Waals surface area contributed by atoms with Gasteiger partial charge in [0.1, 0.15) is 0 Å². The van der Waals surface area contributed by atoms with Gasteiger partial charge in [0.2, 0.25) is 5.91 Å². The van der Waals surface area contributed by atoms with E-state index in [1.54, 1.807) is 6.07 Å². The zero-order valence-corrected chi connectivity index (χ0v) is 13.5. The molecule has 9 heteroatoms. The Morgan fingerprint density at radius 1 is 1.20 bits per heavy atom. The van der Waals surface area contributed by atoms with Crippen molar-refractivity contribution in [3.63, 3.8) is 0 Å². The minimum absolute atomic E-state index is 0.178. The molecular weight excluding hydrogens is 353 g/mol. The second-order valence-electron chi connectivity index (χ2n) is 5.12. The summed E-state index contributed by atoms with van der Waals surface area (Å²) in [5.41, 5.74) is 0.216.